The number of phosphoric acid groups is 3. The van der Waals surface area contributed by atoms with Crippen LogP contribution in [0.2, 0.25) is 0 Å². The van der Waals surface area contributed by atoms with Gasteiger partial charge < -0.3 is 49.3 Å². The highest BCUT2D eigenvalue weighted by atomic mass is 31.3. The maximum atomic E-state index is 12.2. The van der Waals surface area contributed by atoms with Gasteiger partial charge in [-0.3, -0.25) is 18.0 Å². The summed E-state index contributed by atoms with van der Waals surface area (Å²) in [6.07, 6.45) is -3.81. The summed E-state index contributed by atoms with van der Waals surface area (Å²) in [5.74, 6) is 0.0556. The number of nitrogens with two attached hydrogens (primary N) is 1. The van der Waals surface area contributed by atoms with Gasteiger partial charge in [0.15, 0.2) is 6.23 Å². The Morgan fingerprint density at radius 2 is 1.75 bits per heavy atom. The Labute approximate surface area is 178 Å². The molecule has 0 radical (unpaired) electrons. The maximum absolute atomic E-state index is 12.2. The Morgan fingerprint density at radius 3 is 2.31 bits per heavy atom. The SMILES string of the molecule is Nc1nc(=O)n(C2OC(COP(=O)([O-])OP(=O)([O-])OP(=O)([O-])[O-])C(O)C2O)cc1C1CC1. The molecule has 1 saturated heterocycles. The van der Waals surface area contributed by atoms with Crippen molar-refractivity contribution < 1.29 is 61.4 Å². The van der Waals surface area contributed by atoms with Gasteiger partial charge in [0.25, 0.3) is 15.6 Å². The molecule has 0 amide bonds. The smallest absolute Gasteiger partial charge is 0.351 e. The first-order valence-electron chi connectivity index (χ1n) is 8.70. The first-order chi connectivity index (χ1) is 14.6. The molecule has 1 aliphatic heterocycles. The standard InChI is InChI=1S/C12H20N3O14P3/c13-10-6(5-1-2-5)3-15(12(18)14-10)11-9(17)8(16)7(27-11)4-26-31(22,23)29-32(24,25)28-30(19,20)21/h3,5,7-9,11,16-17H,1-2,4H2,(H,22,23)(H,24,25)(H2,13,14,18)(H2,19,20,21)/p-4. The molecule has 4 N–H and O–H groups in total. The zero-order valence-corrected chi connectivity index (χ0v) is 18.4. The zero-order valence-electron chi connectivity index (χ0n) is 15.7. The second-order valence-electron chi connectivity index (χ2n) is 6.89. The van der Waals surface area contributed by atoms with Gasteiger partial charge in [0.1, 0.15) is 24.1 Å². The fourth-order valence-electron chi connectivity index (χ4n) is 2.93. The lowest BCUT2D eigenvalue weighted by Crippen LogP contribution is -2.36. The number of ether oxygens (including phenoxy) is 1. The summed E-state index contributed by atoms with van der Waals surface area (Å²) in [7, 11) is -18.2. The first kappa shape index (κ1) is 25.6. The van der Waals surface area contributed by atoms with E-state index in [9.17, 15) is 48.3 Å². The number of aliphatic hydroxyl groups excluding tert-OH is 2. The Hall–Kier alpha value is -1.03. The van der Waals surface area contributed by atoms with Crippen LogP contribution in [0.4, 0.5) is 5.82 Å². The summed E-state index contributed by atoms with van der Waals surface area (Å²) < 4.78 is 49.8. The number of aromatic nitrogens is 2. The van der Waals surface area contributed by atoms with E-state index in [0.29, 0.717) is 5.56 Å². The molecule has 0 bridgehead atoms. The average Bonchev–Trinajstić information content (AvgIpc) is 3.39. The van der Waals surface area contributed by atoms with E-state index in [0.717, 1.165) is 17.4 Å². The lowest BCUT2D eigenvalue weighted by Gasteiger charge is -2.37. The zero-order chi connectivity index (χ0) is 24.1. The van der Waals surface area contributed by atoms with Gasteiger partial charge in [0.2, 0.25) is 0 Å². The van der Waals surface area contributed by atoms with Crippen molar-refractivity contribution in [3.63, 3.8) is 0 Å². The molecule has 1 aromatic rings. The Balaban J connectivity index is 1.69. The molecule has 0 spiro atoms. The van der Waals surface area contributed by atoms with Crippen molar-refractivity contribution in [2.75, 3.05) is 12.3 Å². The third-order valence-electron chi connectivity index (χ3n) is 4.44. The van der Waals surface area contributed by atoms with Crippen LogP contribution in [0.5, 0.6) is 0 Å². The molecule has 2 heterocycles. The van der Waals surface area contributed by atoms with Gasteiger partial charge >= 0.3 is 5.69 Å². The third-order valence-corrected chi connectivity index (χ3v) is 8.10. The van der Waals surface area contributed by atoms with Crippen LogP contribution in [0.15, 0.2) is 11.0 Å². The Morgan fingerprint density at radius 1 is 1.12 bits per heavy atom. The number of rotatable bonds is 9. The molecule has 1 aromatic heterocycles. The highest BCUT2D eigenvalue weighted by Gasteiger charge is 2.45. The molecule has 3 rings (SSSR count). The Kier molecular flexibility index (Phi) is 7.17. The van der Waals surface area contributed by atoms with Crippen LogP contribution in [0.25, 0.3) is 0 Å². The maximum Gasteiger partial charge on any atom is 0.351 e. The van der Waals surface area contributed by atoms with Gasteiger partial charge in [-0.2, -0.15) is 4.98 Å². The highest BCUT2D eigenvalue weighted by molar-refractivity contribution is 7.64. The van der Waals surface area contributed by atoms with E-state index >= 15 is 0 Å². The number of aliphatic hydroxyl groups is 2. The lowest BCUT2D eigenvalue weighted by molar-refractivity contribution is -0.339. The van der Waals surface area contributed by atoms with Crippen molar-refractivity contribution in [1.29, 1.82) is 0 Å². The molecule has 2 aliphatic rings. The molecule has 6 unspecified atom stereocenters. The largest absolute Gasteiger partial charge is 0.790 e. The molecule has 20 heteroatoms. The fourth-order valence-corrected chi connectivity index (χ4v) is 5.80. The molecule has 1 aliphatic carbocycles. The van der Waals surface area contributed by atoms with Crippen molar-refractivity contribution in [3.05, 3.63) is 22.2 Å². The summed E-state index contributed by atoms with van der Waals surface area (Å²) in [5.41, 5.74) is 5.31. The van der Waals surface area contributed by atoms with Crippen LogP contribution >= 0.6 is 23.5 Å². The topological polar surface area (TPSA) is 282 Å². The molecular weight excluding hydrogens is 503 g/mol. The van der Waals surface area contributed by atoms with E-state index in [4.69, 9.17) is 10.5 Å². The van der Waals surface area contributed by atoms with E-state index in [-0.39, 0.29) is 11.7 Å². The van der Waals surface area contributed by atoms with Gasteiger partial charge in [-0.1, -0.05) is 0 Å². The fraction of sp³-hybridized carbons (Fsp3) is 0.667. The highest BCUT2D eigenvalue weighted by Crippen LogP contribution is 2.60. The number of hydrogen-bond donors (Lipinski definition) is 3. The normalized spacial score (nSPS) is 30.1. The second-order valence-corrected chi connectivity index (χ2v) is 11.1. The summed E-state index contributed by atoms with van der Waals surface area (Å²) in [6, 6.07) is 0. The van der Waals surface area contributed by atoms with E-state index in [1.165, 1.54) is 6.20 Å². The predicted octanol–water partition coefficient (Wildman–Crippen LogP) is -3.86. The van der Waals surface area contributed by atoms with Crippen LogP contribution in [-0.2, 0) is 31.6 Å². The second kappa shape index (κ2) is 8.96. The van der Waals surface area contributed by atoms with Crippen molar-refractivity contribution in [2.24, 2.45) is 0 Å². The molecule has 182 valence electrons. The predicted molar refractivity (Wildman–Crippen MR) is 91.7 cm³/mol. The number of nitrogens with zero attached hydrogens (tertiary/aromatic N) is 2. The molecular formula is C12H16N3O14P3-4. The van der Waals surface area contributed by atoms with Crippen molar-refractivity contribution in [2.45, 2.75) is 43.3 Å². The van der Waals surface area contributed by atoms with E-state index < -0.39 is 60.3 Å². The molecule has 1 saturated carbocycles. The van der Waals surface area contributed by atoms with Gasteiger partial charge in [-0.15, -0.1) is 0 Å². The summed E-state index contributed by atoms with van der Waals surface area (Å²) in [5, 5.41) is 20.3. The van der Waals surface area contributed by atoms with Gasteiger partial charge in [-0.05, 0) is 18.8 Å². The van der Waals surface area contributed by atoms with E-state index in [1.807, 2.05) is 0 Å². The van der Waals surface area contributed by atoms with Crippen molar-refractivity contribution in [3.8, 4) is 0 Å². The van der Waals surface area contributed by atoms with Crippen molar-refractivity contribution >= 4 is 29.3 Å². The minimum absolute atomic E-state index is 0.00363. The molecule has 6 atom stereocenters. The summed E-state index contributed by atoms with van der Waals surface area (Å²) in [6.45, 7) is -1.13. The number of phosphoric ester groups is 1. The Bertz CT molecular complexity index is 1070. The van der Waals surface area contributed by atoms with Gasteiger partial charge in [-0.25, -0.2) is 9.11 Å². The van der Waals surface area contributed by atoms with E-state index in [2.05, 4.69) is 18.1 Å². The number of hydrogen-bond acceptors (Lipinski definition) is 16. The lowest BCUT2D eigenvalue weighted by atomic mass is 10.1. The van der Waals surface area contributed by atoms with Crippen LogP contribution < -0.4 is 31.0 Å². The number of nitrogen functional groups attached to an aromatic ring is 1. The average molecular weight is 519 g/mol. The minimum Gasteiger partial charge on any atom is -0.790 e. The van der Waals surface area contributed by atoms with Gasteiger partial charge in [0.05, 0.1) is 14.4 Å². The molecule has 17 nitrogen and oxygen atoms in total. The molecule has 0 aromatic carbocycles. The molecule has 32 heavy (non-hydrogen) atoms. The van der Waals surface area contributed by atoms with Crippen LogP contribution in [-0.4, -0.2) is 44.7 Å². The quantitative estimate of drug-likeness (QED) is 0.263. The van der Waals surface area contributed by atoms with Crippen LogP contribution in [0.1, 0.15) is 30.6 Å². The van der Waals surface area contributed by atoms with Crippen molar-refractivity contribution in [1.82, 2.24) is 9.55 Å². The monoisotopic (exact) mass is 519 g/mol. The summed E-state index contributed by atoms with van der Waals surface area (Å²) >= 11 is 0. The first-order valence-corrected chi connectivity index (χ1v) is 13.1. The third kappa shape index (κ3) is 6.30. The molecule has 2 fully saturated rings. The van der Waals surface area contributed by atoms with Crippen LogP contribution in [0, 0.1) is 0 Å². The van der Waals surface area contributed by atoms with Gasteiger partial charge in [0, 0.05) is 11.8 Å². The van der Waals surface area contributed by atoms with Crippen LogP contribution in [0.3, 0.4) is 0 Å². The van der Waals surface area contributed by atoms with E-state index in [1.54, 1.807) is 0 Å². The summed E-state index contributed by atoms with van der Waals surface area (Å²) in [4.78, 5) is 59.2. The number of anilines is 1. The minimum atomic E-state index is -6.16.